The molecule has 0 saturated carbocycles. The standard InChI is InChI=1S/C17H23NO4/c1-12(18-8-6-13(7-9-18)17(20)21)10-16(19)14-4-3-5-15(11-14)22-2/h3-5,11-13H,6-10H2,1-2H3,(H,20,21). The number of Topliss-reactive ketones (excluding diaryl/α,β-unsaturated/α-hetero) is 1. The molecule has 120 valence electrons. The molecule has 1 N–H and O–H groups in total. The van der Waals surface area contributed by atoms with E-state index in [-0.39, 0.29) is 17.7 Å². The monoisotopic (exact) mass is 305 g/mol. The number of ketones is 1. The van der Waals surface area contributed by atoms with E-state index >= 15 is 0 Å². The van der Waals surface area contributed by atoms with Crippen LogP contribution in [-0.4, -0.2) is 48.0 Å². The molecule has 22 heavy (non-hydrogen) atoms. The second-order valence-electron chi connectivity index (χ2n) is 5.86. The van der Waals surface area contributed by atoms with Gasteiger partial charge < -0.3 is 14.7 Å². The summed E-state index contributed by atoms with van der Waals surface area (Å²) in [5.74, 6) is -0.176. The zero-order valence-corrected chi connectivity index (χ0v) is 13.1. The highest BCUT2D eigenvalue weighted by Crippen LogP contribution is 2.21. The number of methoxy groups -OCH3 is 1. The lowest BCUT2D eigenvalue weighted by molar-refractivity contribution is -0.143. The molecule has 1 saturated heterocycles. The number of hydrogen-bond acceptors (Lipinski definition) is 4. The topological polar surface area (TPSA) is 66.8 Å². The van der Waals surface area contributed by atoms with Gasteiger partial charge in [-0.3, -0.25) is 9.59 Å². The summed E-state index contributed by atoms with van der Waals surface area (Å²) < 4.78 is 5.14. The van der Waals surface area contributed by atoms with Gasteiger partial charge in [0.15, 0.2) is 5.78 Å². The van der Waals surface area contributed by atoms with Crippen molar-refractivity contribution in [1.29, 1.82) is 0 Å². The van der Waals surface area contributed by atoms with Crippen molar-refractivity contribution in [2.24, 2.45) is 5.92 Å². The van der Waals surface area contributed by atoms with E-state index in [1.165, 1.54) is 0 Å². The number of ether oxygens (including phenoxy) is 1. The van der Waals surface area contributed by atoms with Crippen molar-refractivity contribution in [2.75, 3.05) is 20.2 Å². The van der Waals surface area contributed by atoms with Crippen LogP contribution in [0.5, 0.6) is 5.75 Å². The second kappa shape index (κ2) is 7.40. The molecule has 1 fully saturated rings. The summed E-state index contributed by atoms with van der Waals surface area (Å²) in [4.78, 5) is 25.5. The number of carboxylic acids is 1. The van der Waals surface area contributed by atoms with Crippen LogP contribution in [0.2, 0.25) is 0 Å². The van der Waals surface area contributed by atoms with Crippen LogP contribution in [-0.2, 0) is 4.79 Å². The maximum Gasteiger partial charge on any atom is 0.306 e. The minimum Gasteiger partial charge on any atom is -0.497 e. The van der Waals surface area contributed by atoms with Crippen molar-refractivity contribution < 1.29 is 19.4 Å². The third-order valence-corrected chi connectivity index (χ3v) is 4.37. The first-order valence-corrected chi connectivity index (χ1v) is 7.65. The van der Waals surface area contributed by atoms with Crippen LogP contribution in [0.3, 0.4) is 0 Å². The van der Waals surface area contributed by atoms with Crippen molar-refractivity contribution in [1.82, 2.24) is 4.90 Å². The average molecular weight is 305 g/mol. The quantitative estimate of drug-likeness (QED) is 0.818. The fourth-order valence-electron chi connectivity index (χ4n) is 2.90. The van der Waals surface area contributed by atoms with E-state index in [0.717, 1.165) is 13.1 Å². The number of carbonyl (C=O) groups excluding carboxylic acids is 1. The van der Waals surface area contributed by atoms with E-state index in [1.807, 2.05) is 19.1 Å². The molecule has 1 aliphatic heterocycles. The van der Waals surface area contributed by atoms with Gasteiger partial charge in [-0.25, -0.2) is 0 Å². The molecule has 0 aliphatic carbocycles. The van der Waals surface area contributed by atoms with Crippen molar-refractivity contribution in [3.8, 4) is 5.75 Å². The van der Waals surface area contributed by atoms with E-state index < -0.39 is 5.97 Å². The predicted molar refractivity (Wildman–Crippen MR) is 83.3 cm³/mol. The normalized spacial score (nSPS) is 17.9. The molecule has 0 radical (unpaired) electrons. The minimum atomic E-state index is -0.709. The van der Waals surface area contributed by atoms with Gasteiger partial charge in [-0.2, -0.15) is 0 Å². The summed E-state index contributed by atoms with van der Waals surface area (Å²) in [7, 11) is 1.58. The molecule has 5 heteroatoms. The van der Waals surface area contributed by atoms with Crippen molar-refractivity contribution in [3.05, 3.63) is 29.8 Å². The number of benzene rings is 1. The van der Waals surface area contributed by atoms with E-state index in [1.54, 1.807) is 19.2 Å². The molecule has 5 nitrogen and oxygen atoms in total. The summed E-state index contributed by atoms with van der Waals surface area (Å²) >= 11 is 0. The molecule has 1 aromatic rings. The maximum atomic E-state index is 12.4. The SMILES string of the molecule is COc1cccc(C(=O)CC(C)N2CCC(C(=O)O)CC2)c1. The van der Waals surface area contributed by atoms with E-state index in [0.29, 0.717) is 30.6 Å². The lowest BCUT2D eigenvalue weighted by Crippen LogP contribution is -2.42. The van der Waals surface area contributed by atoms with Gasteiger partial charge in [-0.1, -0.05) is 12.1 Å². The van der Waals surface area contributed by atoms with Crippen LogP contribution in [0.25, 0.3) is 0 Å². The highest BCUT2D eigenvalue weighted by molar-refractivity contribution is 5.96. The summed E-state index contributed by atoms with van der Waals surface area (Å²) in [6, 6.07) is 7.31. The smallest absolute Gasteiger partial charge is 0.306 e. The predicted octanol–water partition coefficient (Wildman–Crippen LogP) is 2.45. The van der Waals surface area contributed by atoms with Gasteiger partial charge in [-0.05, 0) is 45.0 Å². The number of carboxylic acid groups (broad SMARTS) is 1. The molecule has 0 aromatic heterocycles. The molecule has 1 unspecified atom stereocenters. The Morgan fingerprint density at radius 1 is 1.36 bits per heavy atom. The molecule has 1 aliphatic rings. The van der Waals surface area contributed by atoms with Gasteiger partial charge in [0.25, 0.3) is 0 Å². The molecular weight excluding hydrogens is 282 g/mol. The molecular formula is C17H23NO4. The zero-order chi connectivity index (χ0) is 16.1. The highest BCUT2D eigenvalue weighted by Gasteiger charge is 2.27. The Bertz CT molecular complexity index is 535. The van der Waals surface area contributed by atoms with E-state index in [2.05, 4.69) is 4.90 Å². The van der Waals surface area contributed by atoms with Crippen LogP contribution in [0, 0.1) is 5.92 Å². The number of hydrogen-bond donors (Lipinski definition) is 1. The minimum absolute atomic E-state index is 0.0896. The van der Waals surface area contributed by atoms with Crippen LogP contribution < -0.4 is 4.74 Å². The highest BCUT2D eigenvalue weighted by atomic mass is 16.5. The van der Waals surface area contributed by atoms with Crippen molar-refractivity contribution in [3.63, 3.8) is 0 Å². The average Bonchev–Trinajstić information content (AvgIpc) is 2.54. The first-order chi connectivity index (χ1) is 10.5. The number of nitrogens with zero attached hydrogens (tertiary/aromatic N) is 1. The molecule has 0 amide bonds. The lowest BCUT2D eigenvalue weighted by Gasteiger charge is -2.34. The number of likely N-dealkylation sites (tertiary alicyclic amines) is 1. The fourth-order valence-corrected chi connectivity index (χ4v) is 2.90. The number of carbonyl (C=O) groups is 2. The van der Waals surface area contributed by atoms with Gasteiger partial charge in [0, 0.05) is 18.0 Å². The summed E-state index contributed by atoms with van der Waals surface area (Å²) in [5, 5.41) is 9.02. The van der Waals surface area contributed by atoms with E-state index in [4.69, 9.17) is 9.84 Å². The van der Waals surface area contributed by atoms with Gasteiger partial charge in [-0.15, -0.1) is 0 Å². The first-order valence-electron chi connectivity index (χ1n) is 7.65. The Kier molecular flexibility index (Phi) is 5.55. The number of rotatable bonds is 6. The summed E-state index contributed by atoms with van der Waals surface area (Å²) in [6.45, 7) is 3.51. The molecule has 2 rings (SSSR count). The van der Waals surface area contributed by atoms with Crippen LogP contribution >= 0.6 is 0 Å². The van der Waals surface area contributed by atoms with Crippen molar-refractivity contribution in [2.45, 2.75) is 32.2 Å². The van der Waals surface area contributed by atoms with E-state index in [9.17, 15) is 9.59 Å². The zero-order valence-electron chi connectivity index (χ0n) is 13.1. The van der Waals surface area contributed by atoms with Gasteiger partial charge in [0.1, 0.15) is 5.75 Å². The first kappa shape index (κ1) is 16.5. The Morgan fingerprint density at radius 2 is 2.05 bits per heavy atom. The Hall–Kier alpha value is -1.88. The fraction of sp³-hybridized carbons (Fsp3) is 0.529. The van der Waals surface area contributed by atoms with Gasteiger partial charge in [0.05, 0.1) is 13.0 Å². The third-order valence-electron chi connectivity index (χ3n) is 4.37. The number of aliphatic carboxylic acids is 1. The van der Waals surface area contributed by atoms with Gasteiger partial charge in [0.2, 0.25) is 0 Å². The van der Waals surface area contributed by atoms with Crippen LogP contribution in [0.1, 0.15) is 36.5 Å². The van der Waals surface area contributed by atoms with Gasteiger partial charge >= 0.3 is 5.97 Å². The summed E-state index contributed by atoms with van der Waals surface area (Å²) in [6.07, 6.45) is 1.75. The third kappa shape index (κ3) is 4.07. The molecule has 0 bridgehead atoms. The molecule has 1 atom stereocenters. The molecule has 1 aromatic carbocycles. The second-order valence-corrected chi connectivity index (χ2v) is 5.86. The molecule has 0 spiro atoms. The van der Waals surface area contributed by atoms with Crippen molar-refractivity contribution >= 4 is 11.8 Å². The molecule has 1 heterocycles. The van der Waals surface area contributed by atoms with Crippen LogP contribution in [0.4, 0.5) is 0 Å². The Labute approximate surface area is 130 Å². The summed E-state index contributed by atoms with van der Waals surface area (Å²) in [5.41, 5.74) is 0.659. The Balaban J connectivity index is 1.90. The lowest BCUT2D eigenvalue weighted by atomic mass is 9.95. The maximum absolute atomic E-state index is 12.4. The van der Waals surface area contributed by atoms with Crippen LogP contribution in [0.15, 0.2) is 24.3 Å². The largest absolute Gasteiger partial charge is 0.497 e. The number of piperidine rings is 1. The Morgan fingerprint density at radius 3 is 2.64 bits per heavy atom.